The second kappa shape index (κ2) is 4.20. The van der Waals surface area contributed by atoms with Crippen molar-refractivity contribution in [3.63, 3.8) is 0 Å². The summed E-state index contributed by atoms with van der Waals surface area (Å²) in [4.78, 5) is 0. The van der Waals surface area contributed by atoms with Crippen LogP contribution in [0.4, 0.5) is 5.69 Å². The zero-order valence-electron chi connectivity index (χ0n) is 9.93. The van der Waals surface area contributed by atoms with Gasteiger partial charge in [0, 0.05) is 17.6 Å². The summed E-state index contributed by atoms with van der Waals surface area (Å²) in [6.07, 6.45) is 6.95. The Morgan fingerprint density at radius 3 is 2.72 bits per heavy atom. The van der Waals surface area contributed by atoms with E-state index in [-0.39, 0.29) is 0 Å². The van der Waals surface area contributed by atoms with Crippen molar-refractivity contribution in [3.05, 3.63) is 41.5 Å². The predicted molar refractivity (Wildman–Crippen MR) is 68.6 cm³/mol. The quantitative estimate of drug-likeness (QED) is 0.802. The maximum absolute atomic E-state index is 8.99. The van der Waals surface area contributed by atoms with Gasteiger partial charge in [0.05, 0.1) is 11.1 Å². The summed E-state index contributed by atoms with van der Waals surface area (Å²) in [6, 6.07) is 9.93. The lowest BCUT2D eigenvalue weighted by Gasteiger charge is -2.41. The summed E-state index contributed by atoms with van der Waals surface area (Å²) < 4.78 is 0. The Labute approximate surface area is 106 Å². The van der Waals surface area contributed by atoms with Crippen LogP contribution in [0.5, 0.6) is 0 Å². The molecule has 3 atom stereocenters. The number of benzene rings is 1. The number of nitriles is 2. The van der Waals surface area contributed by atoms with E-state index in [0.29, 0.717) is 23.1 Å². The topological polar surface area (TPSA) is 59.6 Å². The first-order valence-electron chi connectivity index (χ1n) is 6.19. The number of hydrogen-bond donors (Lipinski definition) is 1. The maximum Gasteiger partial charge on any atom is 0.101 e. The Morgan fingerprint density at radius 2 is 2.00 bits per heavy atom. The highest BCUT2D eigenvalue weighted by molar-refractivity contribution is 5.57. The molecule has 18 heavy (non-hydrogen) atoms. The van der Waals surface area contributed by atoms with Crippen LogP contribution in [0.3, 0.4) is 0 Å². The zero-order valence-corrected chi connectivity index (χ0v) is 9.93. The van der Waals surface area contributed by atoms with Gasteiger partial charge in [-0.2, -0.15) is 10.5 Å². The van der Waals surface area contributed by atoms with Crippen LogP contribution in [0, 0.1) is 34.5 Å². The molecule has 1 saturated carbocycles. The first-order chi connectivity index (χ1) is 8.81. The molecule has 0 spiro atoms. The van der Waals surface area contributed by atoms with E-state index in [4.69, 9.17) is 10.5 Å². The molecule has 0 aromatic heterocycles. The van der Waals surface area contributed by atoms with E-state index < -0.39 is 0 Å². The van der Waals surface area contributed by atoms with Crippen molar-refractivity contribution < 1.29 is 0 Å². The van der Waals surface area contributed by atoms with E-state index in [2.05, 4.69) is 23.5 Å². The summed E-state index contributed by atoms with van der Waals surface area (Å²) in [5, 5.41) is 21.3. The summed E-state index contributed by atoms with van der Waals surface area (Å²) >= 11 is 0. The predicted octanol–water partition coefficient (Wildman–Crippen LogP) is 2.81. The standard InChI is InChI=1S/C15H13N3/c16-8-11-4-5-13(6-12(11)9-17)18-15-7-10-2-1-3-14(10)15/h1,3-6,10,14-15,18H,2,7H2. The Kier molecular flexibility index (Phi) is 2.54. The number of hydrogen-bond acceptors (Lipinski definition) is 3. The molecule has 1 aromatic carbocycles. The fraction of sp³-hybridized carbons (Fsp3) is 0.333. The van der Waals surface area contributed by atoms with Gasteiger partial charge < -0.3 is 5.32 Å². The summed E-state index contributed by atoms with van der Waals surface area (Å²) in [5.41, 5.74) is 1.82. The molecular weight excluding hydrogens is 222 g/mol. The van der Waals surface area contributed by atoms with E-state index >= 15 is 0 Å². The lowest BCUT2D eigenvalue weighted by Crippen LogP contribution is -2.43. The van der Waals surface area contributed by atoms with Crippen LogP contribution in [-0.2, 0) is 0 Å². The van der Waals surface area contributed by atoms with E-state index in [1.807, 2.05) is 12.1 Å². The normalized spacial score (nSPS) is 27.8. The molecule has 1 aromatic rings. The van der Waals surface area contributed by atoms with Gasteiger partial charge in [0.15, 0.2) is 0 Å². The number of anilines is 1. The molecule has 3 unspecified atom stereocenters. The molecule has 3 nitrogen and oxygen atoms in total. The molecule has 0 saturated heterocycles. The van der Waals surface area contributed by atoms with Crippen LogP contribution < -0.4 is 5.32 Å². The molecule has 1 N–H and O–H groups in total. The lowest BCUT2D eigenvalue weighted by molar-refractivity contribution is 0.218. The second-order valence-electron chi connectivity index (χ2n) is 4.97. The first kappa shape index (κ1) is 10.9. The van der Waals surface area contributed by atoms with Gasteiger partial charge in [-0.1, -0.05) is 12.2 Å². The van der Waals surface area contributed by atoms with Gasteiger partial charge >= 0.3 is 0 Å². The fourth-order valence-electron chi connectivity index (χ4n) is 2.92. The van der Waals surface area contributed by atoms with Crippen molar-refractivity contribution in [1.82, 2.24) is 0 Å². The van der Waals surface area contributed by atoms with Crippen LogP contribution >= 0.6 is 0 Å². The van der Waals surface area contributed by atoms with Gasteiger partial charge in [0.2, 0.25) is 0 Å². The van der Waals surface area contributed by atoms with Gasteiger partial charge in [-0.15, -0.1) is 0 Å². The van der Waals surface area contributed by atoms with E-state index in [0.717, 1.165) is 11.6 Å². The van der Waals surface area contributed by atoms with Crippen molar-refractivity contribution in [2.45, 2.75) is 18.9 Å². The summed E-state index contributed by atoms with van der Waals surface area (Å²) in [7, 11) is 0. The van der Waals surface area contributed by atoms with Crippen LogP contribution in [0.25, 0.3) is 0 Å². The van der Waals surface area contributed by atoms with Crippen LogP contribution in [0.15, 0.2) is 30.4 Å². The Morgan fingerprint density at radius 1 is 1.17 bits per heavy atom. The average Bonchev–Trinajstić information content (AvgIpc) is 2.77. The fourth-order valence-corrected chi connectivity index (χ4v) is 2.92. The molecule has 2 aliphatic carbocycles. The van der Waals surface area contributed by atoms with E-state index in [9.17, 15) is 0 Å². The van der Waals surface area contributed by atoms with Crippen LogP contribution in [-0.4, -0.2) is 6.04 Å². The Balaban J connectivity index is 1.76. The molecule has 3 rings (SSSR count). The number of nitrogens with zero attached hydrogens (tertiary/aromatic N) is 2. The number of allylic oxidation sites excluding steroid dienone is 1. The molecule has 0 aliphatic heterocycles. The second-order valence-corrected chi connectivity index (χ2v) is 4.97. The van der Waals surface area contributed by atoms with Crippen molar-refractivity contribution in [1.29, 1.82) is 10.5 Å². The highest BCUT2D eigenvalue weighted by atomic mass is 15.0. The molecule has 1 fully saturated rings. The van der Waals surface area contributed by atoms with E-state index in [1.54, 1.807) is 12.1 Å². The van der Waals surface area contributed by atoms with Crippen molar-refractivity contribution in [2.24, 2.45) is 11.8 Å². The molecular formula is C15H13N3. The van der Waals surface area contributed by atoms with Gasteiger partial charge in [-0.05, 0) is 37.0 Å². The number of nitrogens with one attached hydrogen (secondary N) is 1. The minimum atomic E-state index is 0.440. The minimum absolute atomic E-state index is 0.440. The van der Waals surface area contributed by atoms with Crippen molar-refractivity contribution in [2.75, 3.05) is 5.32 Å². The van der Waals surface area contributed by atoms with Gasteiger partial charge in [-0.25, -0.2) is 0 Å². The minimum Gasteiger partial charge on any atom is -0.382 e. The molecule has 3 heteroatoms. The maximum atomic E-state index is 8.99. The van der Waals surface area contributed by atoms with Gasteiger partial charge in [0.25, 0.3) is 0 Å². The largest absolute Gasteiger partial charge is 0.382 e. The third kappa shape index (κ3) is 1.65. The molecule has 0 radical (unpaired) electrons. The first-order valence-corrected chi connectivity index (χ1v) is 6.19. The molecule has 0 amide bonds. The highest BCUT2D eigenvalue weighted by Crippen LogP contribution is 2.44. The van der Waals surface area contributed by atoms with Gasteiger partial charge in [0.1, 0.15) is 12.1 Å². The Bertz CT molecular complexity index is 589. The van der Waals surface area contributed by atoms with Gasteiger partial charge in [-0.3, -0.25) is 0 Å². The van der Waals surface area contributed by atoms with Crippen LogP contribution in [0.2, 0.25) is 0 Å². The molecule has 0 heterocycles. The van der Waals surface area contributed by atoms with Crippen molar-refractivity contribution in [3.8, 4) is 12.1 Å². The monoisotopic (exact) mass is 235 g/mol. The average molecular weight is 235 g/mol. The number of fused-ring (bicyclic) bond motifs is 1. The smallest absolute Gasteiger partial charge is 0.101 e. The lowest BCUT2D eigenvalue weighted by atomic mass is 9.71. The summed E-state index contributed by atoms with van der Waals surface area (Å²) in [6.45, 7) is 0. The molecule has 0 bridgehead atoms. The number of rotatable bonds is 2. The van der Waals surface area contributed by atoms with Crippen LogP contribution in [0.1, 0.15) is 24.0 Å². The third-order valence-corrected chi connectivity index (χ3v) is 3.98. The van der Waals surface area contributed by atoms with Crippen molar-refractivity contribution >= 4 is 5.69 Å². The zero-order chi connectivity index (χ0) is 12.5. The molecule has 2 aliphatic rings. The summed E-state index contributed by atoms with van der Waals surface area (Å²) in [5.74, 6) is 1.46. The SMILES string of the molecule is N#Cc1ccc(NC2CC3CC=CC32)cc1C#N. The van der Waals surface area contributed by atoms with E-state index in [1.165, 1.54) is 12.8 Å². The molecule has 88 valence electrons. The Hall–Kier alpha value is -2.26. The highest BCUT2D eigenvalue weighted by Gasteiger charge is 2.40. The third-order valence-electron chi connectivity index (χ3n) is 3.98.